The van der Waals surface area contributed by atoms with E-state index in [4.69, 9.17) is 9.47 Å². The zero-order valence-electron chi connectivity index (χ0n) is 12.1. The average Bonchev–Trinajstić information content (AvgIpc) is 2.91. The first-order valence-electron chi connectivity index (χ1n) is 6.97. The summed E-state index contributed by atoms with van der Waals surface area (Å²) in [6.07, 6.45) is 1.88. The van der Waals surface area contributed by atoms with Gasteiger partial charge in [0.15, 0.2) is 11.5 Å². The van der Waals surface area contributed by atoms with Crippen LogP contribution in [0.5, 0.6) is 11.5 Å². The maximum Gasteiger partial charge on any atom is 0.246 e. The van der Waals surface area contributed by atoms with Crippen LogP contribution in [0.15, 0.2) is 18.2 Å². The second-order valence-corrected chi connectivity index (χ2v) is 6.08. The standard InChI is InChI=1S/C15H20N2O3/c1-14(2)19-11-6-5-10(9-12(11)20-14)17-13(18)15(3)7-4-8-16-15/h5-6,9,16H,4,7-8H2,1-3H3,(H,17,18)/t15-/m1/s1. The molecule has 0 spiro atoms. The largest absolute Gasteiger partial charge is 0.449 e. The minimum atomic E-state index is -0.649. The van der Waals surface area contributed by atoms with Crippen LogP contribution in [0.2, 0.25) is 0 Å². The number of amides is 1. The van der Waals surface area contributed by atoms with Crippen molar-refractivity contribution in [2.45, 2.75) is 44.9 Å². The molecule has 0 aliphatic carbocycles. The van der Waals surface area contributed by atoms with Crippen LogP contribution in [0.25, 0.3) is 0 Å². The molecule has 1 fully saturated rings. The lowest BCUT2D eigenvalue weighted by Crippen LogP contribution is -2.47. The Morgan fingerprint density at radius 1 is 1.25 bits per heavy atom. The number of anilines is 1. The van der Waals surface area contributed by atoms with E-state index in [0.717, 1.165) is 25.1 Å². The summed E-state index contributed by atoms with van der Waals surface area (Å²) >= 11 is 0. The van der Waals surface area contributed by atoms with Crippen molar-refractivity contribution in [2.75, 3.05) is 11.9 Å². The summed E-state index contributed by atoms with van der Waals surface area (Å²) < 4.78 is 11.3. The molecule has 20 heavy (non-hydrogen) atoms. The predicted octanol–water partition coefficient (Wildman–Crippen LogP) is 2.27. The third-order valence-corrected chi connectivity index (χ3v) is 3.78. The second kappa shape index (κ2) is 4.38. The molecule has 0 radical (unpaired) electrons. The SMILES string of the molecule is CC1(C)Oc2ccc(NC(=O)[C@@]3(C)CCCN3)cc2O1. The number of benzene rings is 1. The third-order valence-electron chi connectivity index (χ3n) is 3.78. The van der Waals surface area contributed by atoms with Gasteiger partial charge >= 0.3 is 0 Å². The van der Waals surface area contributed by atoms with Crippen LogP contribution in [0.4, 0.5) is 5.69 Å². The summed E-state index contributed by atoms with van der Waals surface area (Å²) in [6, 6.07) is 5.46. The Bertz CT molecular complexity index is 548. The van der Waals surface area contributed by atoms with E-state index in [1.165, 1.54) is 0 Å². The molecule has 2 aliphatic heterocycles. The van der Waals surface area contributed by atoms with E-state index in [9.17, 15) is 4.79 Å². The fourth-order valence-corrected chi connectivity index (χ4v) is 2.66. The fourth-order valence-electron chi connectivity index (χ4n) is 2.66. The molecule has 2 heterocycles. The zero-order valence-corrected chi connectivity index (χ0v) is 12.1. The summed E-state index contributed by atoms with van der Waals surface area (Å²) in [6.45, 7) is 6.54. The molecule has 1 atom stereocenters. The van der Waals surface area contributed by atoms with Crippen molar-refractivity contribution < 1.29 is 14.3 Å². The molecular weight excluding hydrogens is 256 g/mol. The highest BCUT2D eigenvalue weighted by atomic mass is 16.7. The molecule has 0 saturated carbocycles. The molecule has 0 aromatic heterocycles. The maximum absolute atomic E-state index is 12.3. The Kier molecular flexibility index (Phi) is 2.90. The van der Waals surface area contributed by atoms with Crippen molar-refractivity contribution in [1.29, 1.82) is 0 Å². The number of rotatable bonds is 2. The molecule has 3 rings (SSSR count). The Hall–Kier alpha value is -1.75. The molecule has 108 valence electrons. The molecule has 1 amide bonds. The molecule has 1 saturated heterocycles. The van der Waals surface area contributed by atoms with Gasteiger partial charge in [-0.3, -0.25) is 4.79 Å². The highest BCUT2D eigenvalue weighted by molar-refractivity contribution is 5.98. The molecule has 2 aliphatic rings. The van der Waals surface area contributed by atoms with Gasteiger partial charge in [0.2, 0.25) is 11.7 Å². The molecule has 2 N–H and O–H groups in total. The highest BCUT2D eigenvalue weighted by Crippen LogP contribution is 2.40. The smallest absolute Gasteiger partial charge is 0.246 e. The summed E-state index contributed by atoms with van der Waals surface area (Å²) in [5.74, 6) is 0.716. The minimum absolute atomic E-state index is 0.00637. The lowest BCUT2D eigenvalue weighted by atomic mass is 9.99. The van der Waals surface area contributed by atoms with Gasteiger partial charge in [-0.05, 0) is 38.4 Å². The van der Waals surface area contributed by atoms with E-state index in [1.54, 1.807) is 6.07 Å². The van der Waals surface area contributed by atoms with Gasteiger partial charge in [-0.1, -0.05) is 0 Å². The monoisotopic (exact) mass is 276 g/mol. The minimum Gasteiger partial charge on any atom is -0.449 e. The molecule has 1 aromatic carbocycles. The van der Waals surface area contributed by atoms with Gasteiger partial charge in [0.1, 0.15) is 0 Å². The van der Waals surface area contributed by atoms with Gasteiger partial charge in [-0.25, -0.2) is 0 Å². The zero-order chi connectivity index (χ0) is 14.4. The quantitative estimate of drug-likeness (QED) is 0.870. The van der Waals surface area contributed by atoms with Crippen LogP contribution in [-0.4, -0.2) is 23.8 Å². The van der Waals surface area contributed by atoms with Gasteiger partial charge in [-0.15, -0.1) is 0 Å². The number of fused-ring (bicyclic) bond motifs is 1. The summed E-state index contributed by atoms with van der Waals surface area (Å²) in [5, 5.41) is 6.19. The van der Waals surface area contributed by atoms with Crippen LogP contribution in [-0.2, 0) is 4.79 Å². The van der Waals surface area contributed by atoms with Crippen molar-refractivity contribution in [1.82, 2.24) is 5.32 Å². The van der Waals surface area contributed by atoms with Crippen molar-refractivity contribution in [3.63, 3.8) is 0 Å². The van der Waals surface area contributed by atoms with Crippen molar-refractivity contribution in [2.24, 2.45) is 0 Å². The van der Waals surface area contributed by atoms with E-state index in [1.807, 2.05) is 32.9 Å². The first-order valence-corrected chi connectivity index (χ1v) is 6.97. The predicted molar refractivity (Wildman–Crippen MR) is 76.0 cm³/mol. The Balaban J connectivity index is 1.75. The number of carbonyl (C=O) groups is 1. The summed E-state index contributed by atoms with van der Waals surface area (Å²) in [4.78, 5) is 12.3. The van der Waals surface area contributed by atoms with E-state index in [2.05, 4.69) is 10.6 Å². The first-order chi connectivity index (χ1) is 9.38. The van der Waals surface area contributed by atoms with Gasteiger partial charge in [-0.2, -0.15) is 0 Å². The van der Waals surface area contributed by atoms with Crippen LogP contribution < -0.4 is 20.1 Å². The Morgan fingerprint density at radius 3 is 2.70 bits per heavy atom. The lowest BCUT2D eigenvalue weighted by molar-refractivity contribution is -0.121. The van der Waals surface area contributed by atoms with Crippen LogP contribution in [0.3, 0.4) is 0 Å². The van der Waals surface area contributed by atoms with Crippen LogP contribution >= 0.6 is 0 Å². The molecular formula is C15H20N2O3. The van der Waals surface area contributed by atoms with Crippen molar-refractivity contribution >= 4 is 11.6 Å². The average molecular weight is 276 g/mol. The van der Waals surface area contributed by atoms with Crippen LogP contribution in [0.1, 0.15) is 33.6 Å². The van der Waals surface area contributed by atoms with E-state index in [-0.39, 0.29) is 5.91 Å². The topological polar surface area (TPSA) is 59.6 Å². The number of ether oxygens (including phenoxy) is 2. The number of nitrogens with one attached hydrogen (secondary N) is 2. The van der Waals surface area contributed by atoms with Gasteiger partial charge < -0.3 is 20.1 Å². The summed E-state index contributed by atoms with van der Waals surface area (Å²) in [7, 11) is 0. The van der Waals surface area contributed by atoms with E-state index < -0.39 is 11.3 Å². The molecule has 5 nitrogen and oxygen atoms in total. The maximum atomic E-state index is 12.3. The highest BCUT2D eigenvalue weighted by Gasteiger charge is 2.36. The molecule has 5 heteroatoms. The second-order valence-electron chi connectivity index (χ2n) is 6.08. The Labute approximate surface area is 118 Å². The van der Waals surface area contributed by atoms with E-state index >= 15 is 0 Å². The van der Waals surface area contributed by atoms with Gasteiger partial charge in [0.05, 0.1) is 5.54 Å². The van der Waals surface area contributed by atoms with E-state index in [0.29, 0.717) is 11.5 Å². The summed E-state index contributed by atoms with van der Waals surface area (Å²) in [5.41, 5.74) is 0.250. The van der Waals surface area contributed by atoms with Gasteiger partial charge in [0, 0.05) is 25.6 Å². The number of hydrogen-bond donors (Lipinski definition) is 2. The fraction of sp³-hybridized carbons (Fsp3) is 0.533. The Morgan fingerprint density at radius 2 is 2.00 bits per heavy atom. The lowest BCUT2D eigenvalue weighted by Gasteiger charge is -2.23. The number of hydrogen-bond acceptors (Lipinski definition) is 4. The third kappa shape index (κ3) is 2.33. The number of carbonyl (C=O) groups excluding carboxylic acids is 1. The molecule has 0 unspecified atom stereocenters. The van der Waals surface area contributed by atoms with Crippen molar-refractivity contribution in [3.8, 4) is 11.5 Å². The van der Waals surface area contributed by atoms with Crippen molar-refractivity contribution in [3.05, 3.63) is 18.2 Å². The van der Waals surface area contributed by atoms with Gasteiger partial charge in [0.25, 0.3) is 0 Å². The normalized spacial score (nSPS) is 26.6. The first kappa shape index (κ1) is 13.2. The molecule has 0 bridgehead atoms. The van der Waals surface area contributed by atoms with Crippen LogP contribution in [0, 0.1) is 0 Å². The molecule has 1 aromatic rings.